The first-order valence-corrected chi connectivity index (χ1v) is 8.00. The molecule has 0 saturated heterocycles. The Labute approximate surface area is 136 Å². The Morgan fingerprint density at radius 2 is 1.86 bits per heavy atom. The Kier molecular flexibility index (Phi) is 4.23. The zero-order chi connectivity index (χ0) is 15.7. The number of aromatic nitrogens is 1. The highest BCUT2D eigenvalue weighted by atomic mass is 35.5. The maximum atomic E-state index is 6.17. The summed E-state index contributed by atoms with van der Waals surface area (Å²) in [6.07, 6.45) is 3.09. The second-order valence-electron chi connectivity index (χ2n) is 5.91. The topological polar surface area (TPSA) is 30.9 Å². The number of aryl methyl sites for hydroxylation is 2. The Morgan fingerprint density at radius 1 is 1.05 bits per heavy atom. The van der Waals surface area contributed by atoms with Crippen LogP contribution >= 0.6 is 11.6 Å². The van der Waals surface area contributed by atoms with E-state index in [1.807, 2.05) is 12.1 Å². The smallest absolute Gasteiger partial charge is 0.0487 e. The predicted molar refractivity (Wildman–Crippen MR) is 94.7 cm³/mol. The number of hydrogen-bond acceptors (Lipinski definition) is 1. The van der Waals surface area contributed by atoms with Gasteiger partial charge in [-0.1, -0.05) is 35.4 Å². The number of benzene rings is 2. The van der Waals surface area contributed by atoms with Crippen LogP contribution < -0.4 is 5.73 Å². The maximum absolute atomic E-state index is 6.17. The predicted octanol–water partition coefficient (Wildman–Crippen LogP) is 4.46. The van der Waals surface area contributed by atoms with Crippen molar-refractivity contribution in [2.24, 2.45) is 5.73 Å². The van der Waals surface area contributed by atoms with E-state index in [2.05, 4.69) is 48.9 Å². The lowest BCUT2D eigenvalue weighted by Gasteiger charge is -2.10. The first kappa shape index (κ1) is 15.1. The minimum absolute atomic E-state index is 0.648. The number of halogens is 1. The lowest BCUT2D eigenvalue weighted by Crippen LogP contribution is -2.03. The second kappa shape index (κ2) is 6.15. The molecule has 2 aromatic carbocycles. The zero-order valence-corrected chi connectivity index (χ0v) is 13.8. The molecule has 1 aromatic heterocycles. The van der Waals surface area contributed by atoms with E-state index in [1.54, 1.807) is 0 Å². The zero-order valence-electron chi connectivity index (χ0n) is 13.1. The Balaban J connectivity index is 2.08. The molecule has 0 aliphatic rings. The van der Waals surface area contributed by atoms with Gasteiger partial charge in [0.25, 0.3) is 0 Å². The molecule has 114 valence electrons. The van der Waals surface area contributed by atoms with Gasteiger partial charge in [0.15, 0.2) is 0 Å². The Hall–Kier alpha value is -1.77. The summed E-state index contributed by atoms with van der Waals surface area (Å²) in [5, 5.41) is 1.98. The third-order valence-corrected chi connectivity index (χ3v) is 4.42. The van der Waals surface area contributed by atoms with E-state index in [1.165, 1.54) is 33.2 Å². The van der Waals surface area contributed by atoms with Crippen molar-refractivity contribution in [1.29, 1.82) is 0 Å². The molecule has 2 N–H and O–H groups in total. The molecule has 0 aliphatic heterocycles. The molecule has 22 heavy (non-hydrogen) atoms. The fraction of sp³-hybridized carbons (Fsp3) is 0.263. The second-order valence-corrected chi connectivity index (χ2v) is 6.35. The van der Waals surface area contributed by atoms with Gasteiger partial charge in [0.1, 0.15) is 0 Å². The summed E-state index contributed by atoms with van der Waals surface area (Å²) in [5.74, 6) is 0. The van der Waals surface area contributed by atoms with Crippen molar-refractivity contribution in [1.82, 2.24) is 4.57 Å². The van der Waals surface area contributed by atoms with Crippen LogP contribution in [-0.2, 0) is 13.0 Å². The molecule has 1 heterocycles. The third kappa shape index (κ3) is 2.90. The molecule has 0 fully saturated rings. The van der Waals surface area contributed by atoms with Gasteiger partial charge in [0, 0.05) is 28.7 Å². The van der Waals surface area contributed by atoms with Crippen molar-refractivity contribution in [3.05, 3.63) is 69.9 Å². The molecule has 3 aromatic rings. The summed E-state index contributed by atoms with van der Waals surface area (Å²) in [5.41, 5.74) is 12.2. The molecule has 0 saturated carbocycles. The SMILES string of the molecule is Cc1ccc(C)c(Cn2cc(CCN)c3cc(Cl)ccc32)c1. The fourth-order valence-corrected chi connectivity index (χ4v) is 3.15. The molecule has 0 spiro atoms. The highest BCUT2D eigenvalue weighted by molar-refractivity contribution is 6.31. The fourth-order valence-electron chi connectivity index (χ4n) is 2.98. The summed E-state index contributed by atoms with van der Waals surface area (Å²) >= 11 is 6.17. The lowest BCUT2D eigenvalue weighted by atomic mass is 10.1. The highest BCUT2D eigenvalue weighted by Gasteiger charge is 2.10. The Morgan fingerprint density at radius 3 is 2.64 bits per heavy atom. The van der Waals surface area contributed by atoms with Crippen LogP contribution in [0, 0.1) is 13.8 Å². The number of rotatable bonds is 4. The molecule has 0 atom stereocenters. The van der Waals surface area contributed by atoms with Crippen molar-refractivity contribution >= 4 is 22.5 Å². The van der Waals surface area contributed by atoms with Crippen LogP contribution in [-0.4, -0.2) is 11.1 Å². The quantitative estimate of drug-likeness (QED) is 0.757. The summed E-state index contributed by atoms with van der Waals surface area (Å²) < 4.78 is 2.30. The third-order valence-electron chi connectivity index (χ3n) is 4.18. The van der Waals surface area contributed by atoms with E-state index in [4.69, 9.17) is 17.3 Å². The van der Waals surface area contributed by atoms with Gasteiger partial charge in [-0.05, 0) is 61.7 Å². The van der Waals surface area contributed by atoms with Gasteiger partial charge >= 0.3 is 0 Å². The van der Waals surface area contributed by atoms with Crippen LogP contribution in [0.2, 0.25) is 5.02 Å². The van der Waals surface area contributed by atoms with Gasteiger partial charge in [-0.2, -0.15) is 0 Å². The van der Waals surface area contributed by atoms with E-state index < -0.39 is 0 Å². The van der Waals surface area contributed by atoms with Gasteiger partial charge in [-0.3, -0.25) is 0 Å². The standard InChI is InChI=1S/C19H21ClN2/c1-13-3-4-14(2)16(9-13)12-22-11-15(7-8-21)18-10-17(20)5-6-19(18)22/h3-6,9-11H,7-8,12,21H2,1-2H3. The summed E-state index contributed by atoms with van der Waals surface area (Å²) in [6, 6.07) is 12.7. The molecule has 3 heteroatoms. The molecule has 0 bridgehead atoms. The molecule has 0 amide bonds. The lowest BCUT2D eigenvalue weighted by molar-refractivity contribution is 0.820. The monoisotopic (exact) mass is 312 g/mol. The van der Waals surface area contributed by atoms with Gasteiger partial charge in [-0.15, -0.1) is 0 Å². The van der Waals surface area contributed by atoms with Crippen molar-refractivity contribution in [3.8, 4) is 0 Å². The van der Waals surface area contributed by atoms with Crippen molar-refractivity contribution in [3.63, 3.8) is 0 Å². The molecule has 0 radical (unpaired) electrons. The first-order valence-electron chi connectivity index (χ1n) is 7.62. The Bertz CT molecular complexity index is 818. The minimum Gasteiger partial charge on any atom is -0.343 e. The van der Waals surface area contributed by atoms with Gasteiger partial charge < -0.3 is 10.3 Å². The summed E-state index contributed by atoms with van der Waals surface area (Å²) in [4.78, 5) is 0. The van der Waals surface area contributed by atoms with Crippen LogP contribution in [0.4, 0.5) is 0 Å². The van der Waals surface area contributed by atoms with Gasteiger partial charge in [0.2, 0.25) is 0 Å². The summed E-state index contributed by atoms with van der Waals surface area (Å²) in [7, 11) is 0. The van der Waals surface area contributed by atoms with Crippen LogP contribution in [0.5, 0.6) is 0 Å². The van der Waals surface area contributed by atoms with Crippen molar-refractivity contribution in [2.75, 3.05) is 6.54 Å². The number of hydrogen-bond donors (Lipinski definition) is 1. The molecule has 3 rings (SSSR count). The van der Waals surface area contributed by atoms with E-state index in [0.29, 0.717) is 6.54 Å². The molecular formula is C19H21ClN2. The minimum atomic E-state index is 0.648. The normalized spacial score (nSPS) is 11.3. The van der Waals surface area contributed by atoms with Gasteiger partial charge in [0.05, 0.1) is 0 Å². The van der Waals surface area contributed by atoms with Crippen LogP contribution in [0.3, 0.4) is 0 Å². The average Bonchev–Trinajstić information content (AvgIpc) is 2.81. The van der Waals surface area contributed by atoms with Crippen molar-refractivity contribution in [2.45, 2.75) is 26.8 Å². The summed E-state index contributed by atoms with van der Waals surface area (Å²) in [6.45, 7) is 5.82. The molecule has 0 unspecified atom stereocenters. The molecule has 2 nitrogen and oxygen atoms in total. The van der Waals surface area contributed by atoms with E-state index >= 15 is 0 Å². The van der Waals surface area contributed by atoms with E-state index in [9.17, 15) is 0 Å². The molecular weight excluding hydrogens is 292 g/mol. The average molecular weight is 313 g/mol. The van der Waals surface area contributed by atoms with Crippen LogP contribution in [0.25, 0.3) is 10.9 Å². The van der Waals surface area contributed by atoms with E-state index in [-0.39, 0.29) is 0 Å². The van der Waals surface area contributed by atoms with Gasteiger partial charge in [-0.25, -0.2) is 0 Å². The number of nitrogens with zero attached hydrogens (tertiary/aromatic N) is 1. The van der Waals surface area contributed by atoms with E-state index in [0.717, 1.165) is 18.0 Å². The number of fused-ring (bicyclic) bond motifs is 1. The largest absolute Gasteiger partial charge is 0.343 e. The van der Waals surface area contributed by atoms with Crippen LogP contribution in [0.15, 0.2) is 42.6 Å². The van der Waals surface area contributed by atoms with Crippen molar-refractivity contribution < 1.29 is 0 Å². The maximum Gasteiger partial charge on any atom is 0.0487 e. The number of nitrogens with two attached hydrogens (primary N) is 1. The van der Waals surface area contributed by atoms with Crippen LogP contribution in [0.1, 0.15) is 22.3 Å². The molecule has 0 aliphatic carbocycles. The highest BCUT2D eigenvalue weighted by Crippen LogP contribution is 2.26. The first-order chi connectivity index (χ1) is 10.6.